The molecule has 0 aliphatic carbocycles. The average molecular weight is 961 g/mol. The van der Waals surface area contributed by atoms with Crippen LogP contribution in [0.4, 0.5) is 12.9 Å². The lowest BCUT2D eigenvalue weighted by atomic mass is 9.99. The van der Waals surface area contributed by atoms with E-state index in [1.54, 1.807) is 78.9 Å². The second kappa shape index (κ2) is 25.2. The van der Waals surface area contributed by atoms with Crippen LogP contribution in [0.3, 0.4) is 0 Å². The highest BCUT2D eigenvalue weighted by Gasteiger charge is 2.18. The van der Waals surface area contributed by atoms with E-state index in [4.69, 9.17) is 15.3 Å². The van der Waals surface area contributed by atoms with Crippen LogP contribution in [0, 0.1) is 36.5 Å². The van der Waals surface area contributed by atoms with Crippen molar-refractivity contribution in [3.8, 4) is 90.9 Å². The van der Waals surface area contributed by atoms with Crippen molar-refractivity contribution in [2.45, 2.75) is 40.8 Å². The van der Waals surface area contributed by atoms with Crippen molar-refractivity contribution in [1.29, 1.82) is 10.5 Å². The molecule has 70 heavy (non-hydrogen) atoms. The number of thioether (sulfide) groups is 1. The molecule has 8 rings (SSSR count). The number of aromatic hydroxyl groups is 1. The van der Waals surface area contributed by atoms with Crippen molar-refractivity contribution in [3.05, 3.63) is 156 Å². The molecule has 1 N–H and O–H groups in total. The van der Waals surface area contributed by atoms with Gasteiger partial charge >= 0.3 is 7.54 Å². The van der Waals surface area contributed by atoms with Crippen molar-refractivity contribution in [2.75, 3.05) is 19.6 Å². The number of phenolic OH excluding ortho intramolecular Hbond substituents is 1. The van der Waals surface area contributed by atoms with Crippen LogP contribution in [0.1, 0.15) is 45.7 Å². The Hall–Kier alpha value is -8.28. The number of methoxy groups -OCH3 is 1. The topological polar surface area (TPSA) is 173 Å². The zero-order chi connectivity index (χ0) is 50.9. The highest BCUT2D eigenvalue weighted by Crippen LogP contribution is 2.36. The summed E-state index contributed by atoms with van der Waals surface area (Å²) in [5, 5.41) is 37.5. The molecule has 4 aromatic heterocycles. The van der Waals surface area contributed by atoms with Gasteiger partial charge < -0.3 is 9.84 Å². The number of ketones is 2. The number of benzene rings is 4. The fourth-order valence-electron chi connectivity index (χ4n) is 7.35. The smallest absolute Gasteiger partial charge is 0.508 e. The van der Waals surface area contributed by atoms with Gasteiger partial charge in [-0.3, -0.25) is 41.9 Å². The summed E-state index contributed by atoms with van der Waals surface area (Å²) in [5.74, 6) is 0.890. The lowest BCUT2D eigenvalue weighted by Crippen LogP contribution is -1.97. The Morgan fingerprint density at radius 2 is 1.06 bits per heavy atom. The number of aromatic nitrogens is 6. The van der Waals surface area contributed by atoms with Gasteiger partial charge in [0, 0.05) is 80.4 Å². The number of aryl methyl sites for hydroxylation is 2. The molecule has 4 heterocycles. The second-order valence-corrected chi connectivity index (χ2v) is 16.3. The molecule has 0 bridgehead atoms. The Balaban J connectivity index is 0.000000230. The van der Waals surface area contributed by atoms with Crippen molar-refractivity contribution < 1.29 is 32.4 Å². The lowest BCUT2D eigenvalue weighted by molar-refractivity contribution is 0.101. The second-order valence-electron chi connectivity index (χ2n) is 15.5. The SMILES string of the molecule is CC(=O)c1ccccc1-c1ccc(-c2cn(CC#N)nc2-c2cc(C)cc(O)c2)cn1.COc1cc(C)cc(-c2nn(CC#N)cc2-c2ccc(-c3ccccc3C(C)=O)nc2)c1.CSC.FB(F)F. The van der Waals surface area contributed by atoms with Gasteiger partial charge in [-0.05, 0) is 99.9 Å². The highest BCUT2D eigenvalue weighted by molar-refractivity contribution is 7.97. The molecule has 0 spiro atoms. The summed E-state index contributed by atoms with van der Waals surface area (Å²) in [6.45, 7) is 7.26. The van der Waals surface area contributed by atoms with Crippen molar-refractivity contribution in [2.24, 2.45) is 0 Å². The van der Waals surface area contributed by atoms with E-state index in [-0.39, 0.29) is 30.4 Å². The minimum absolute atomic E-state index is 0.0000580. The van der Waals surface area contributed by atoms with Crippen LogP contribution < -0.4 is 4.74 Å². The number of halogens is 3. The predicted octanol–water partition coefficient (Wildman–Crippen LogP) is 12.2. The highest BCUT2D eigenvalue weighted by atomic mass is 32.2. The Bertz CT molecular complexity index is 3140. The molecule has 12 nitrogen and oxygen atoms in total. The molecular weight excluding hydrogens is 913 g/mol. The van der Waals surface area contributed by atoms with E-state index < -0.39 is 7.54 Å². The third-order valence-corrected chi connectivity index (χ3v) is 10.2. The maximum absolute atomic E-state index is 12.0. The van der Waals surface area contributed by atoms with E-state index in [9.17, 15) is 27.6 Å². The number of rotatable bonds is 11. The predicted molar refractivity (Wildman–Crippen MR) is 270 cm³/mol. The Kier molecular flexibility index (Phi) is 19.0. The molecule has 0 fully saturated rings. The first-order valence-electron chi connectivity index (χ1n) is 21.4. The van der Waals surface area contributed by atoms with Crippen molar-refractivity contribution in [3.63, 3.8) is 0 Å². The maximum atomic E-state index is 12.0. The molecule has 0 atom stereocenters. The number of Topliss-reactive ketones (excluding diaryl/α,β-unsaturated/α-hetero) is 2. The van der Waals surface area contributed by atoms with Gasteiger partial charge in [0.2, 0.25) is 0 Å². The molecule has 17 heteroatoms. The van der Waals surface area contributed by atoms with E-state index in [0.717, 1.165) is 72.8 Å². The number of nitrogens with zero attached hydrogens (tertiary/aromatic N) is 8. The van der Waals surface area contributed by atoms with Crippen molar-refractivity contribution in [1.82, 2.24) is 29.5 Å². The Morgan fingerprint density at radius 3 is 1.43 bits per heavy atom. The number of pyridine rings is 2. The van der Waals surface area contributed by atoms with Gasteiger partial charge in [0.1, 0.15) is 36.0 Å². The van der Waals surface area contributed by atoms with Gasteiger partial charge in [0.15, 0.2) is 11.6 Å². The van der Waals surface area contributed by atoms with E-state index >= 15 is 0 Å². The average Bonchev–Trinajstić information content (AvgIpc) is 3.97. The van der Waals surface area contributed by atoms with Gasteiger partial charge in [-0.25, -0.2) is 0 Å². The van der Waals surface area contributed by atoms with Crippen molar-refractivity contribution >= 4 is 30.9 Å². The van der Waals surface area contributed by atoms with E-state index in [2.05, 4.69) is 32.3 Å². The number of phenols is 1. The number of carbonyl (C=O) groups excluding carboxylic acids is 2. The molecule has 0 saturated carbocycles. The number of carbonyl (C=O) groups is 2. The van der Waals surface area contributed by atoms with Gasteiger partial charge in [-0.2, -0.15) is 32.5 Å². The molecule has 0 unspecified atom stereocenters. The van der Waals surface area contributed by atoms with Gasteiger partial charge in [0.25, 0.3) is 0 Å². The molecule has 8 aromatic rings. The fraction of sp³-hybridized carbons (Fsp3) is 0.170. The summed E-state index contributed by atoms with van der Waals surface area (Å²) in [5.41, 5.74) is 12.7. The third kappa shape index (κ3) is 13.9. The van der Waals surface area contributed by atoms with Gasteiger partial charge in [0.05, 0.1) is 30.6 Å². The number of nitriles is 2. The van der Waals surface area contributed by atoms with E-state index in [0.29, 0.717) is 22.5 Å². The molecular formula is C53H48BF3N8O4S. The first-order chi connectivity index (χ1) is 33.6. The number of hydrogen-bond donors (Lipinski definition) is 1. The minimum atomic E-state index is -3.67. The monoisotopic (exact) mass is 960 g/mol. The Labute approximate surface area is 409 Å². The van der Waals surface area contributed by atoms with Crippen LogP contribution in [0.2, 0.25) is 0 Å². The largest absolute Gasteiger partial charge is 0.762 e. The molecule has 0 radical (unpaired) electrons. The molecule has 4 aromatic carbocycles. The molecule has 0 amide bonds. The Morgan fingerprint density at radius 1 is 0.643 bits per heavy atom. The van der Waals surface area contributed by atoms with Crippen LogP contribution in [-0.4, -0.2) is 73.4 Å². The minimum Gasteiger partial charge on any atom is -0.508 e. The quantitative estimate of drug-likeness (QED) is 0.0965. The first kappa shape index (κ1) is 52.7. The number of hydrogen-bond acceptors (Lipinski definition) is 11. The lowest BCUT2D eigenvalue weighted by Gasteiger charge is -2.09. The first-order valence-corrected chi connectivity index (χ1v) is 23.1. The van der Waals surface area contributed by atoms with Crippen LogP contribution in [0.15, 0.2) is 134 Å². The van der Waals surface area contributed by atoms with Gasteiger partial charge in [-0.15, -0.1) is 0 Å². The zero-order valence-electron chi connectivity index (χ0n) is 39.5. The van der Waals surface area contributed by atoms with Crippen LogP contribution in [0.25, 0.3) is 67.3 Å². The molecule has 0 aliphatic heterocycles. The standard InChI is InChI=1S/C26H22N4O2.C25H20N4O2.C2H6S.BF3/c1-17-12-20(14-21(13-17)32-3)26-24(16-30(29-26)11-10-27)19-8-9-25(28-15-19)23-7-5-4-6-22(23)18(2)31;1-16-11-19(13-20(31)12-16)25-23(15-29(28-25)10-9-26)18-7-8-24(27-14-18)22-6-4-3-5-21(22)17(2)30;1-3-2;2-1(3)4/h4-9,12-16H,11H2,1-3H3;3-8,11-15,31H,10H2,1-2H3;1-2H3;. The summed E-state index contributed by atoms with van der Waals surface area (Å²) in [6.07, 6.45) is 11.3. The van der Waals surface area contributed by atoms with Gasteiger partial charge in [-0.1, -0.05) is 60.7 Å². The van der Waals surface area contributed by atoms with Crippen LogP contribution >= 0.6 is 11.8 Å². The van der Waals surface area contributed by atoms with Crippen LogP contribution in [0.5, 0.6) is 11.5 Å². The third-order valence-electron chi connectivity index (χ3n) is 10.2. The fourth-order valence-corrected chi connectivity index (χ4v) is 7.35. The summed E-state index contributed by atoms with van der Waals surface area (Å²) >= 11 is 1.75. The summed E-state index contributed by atoms with van der Waals surface area (Å²) in [4.78, 5) is 33.2. The molecule has 0 saturated heterocycles. The van der Waals surface area contributed by atoms with Crippen LogP contribution in [-0.2, 0) is 13.1 Å². The number of ether oxygens (including phenoxy) is 1. The maximum Gasteiger partial charge on any atom is 0.762 e. The molecule has 354 valence electrons. The summed E-state index contributed by atoms with van der Waals surface area (Å²) in [6, 6.07) is 37.9. The normalized spacial score (nSPS) is 10.2. The summed E-state index contributed by atoms with van der Waals surface area (Å²) < 4.78 is 37.6. The van der Waals surface area contributed by atoms with E-state index in [1.807, 2.05) is 124 Å². The molecule has 0 aliphatic rings. The zero-order valence-corrected chi connectivity index (χ0v) is 40.3. The van der Waals surface area contributed by atoms with E-state index in [1.165, 1.54) is 0 Å². The summed E-state index contributed by atoms with van der Waals surface area (Å²) in [7, 11) is -2.03.